The lowest BCUT2D eigenvalue weighted by Crippen LogP contribution is -3.00. The van der Waals surface area contributed by atoms with Gasteiger partial charge in [0.05, 0.1) is 34.3 Å². The number of unbranched alkanes of at least 4 members (excludes halogenated alkanes) is 14. The van der Waals surface area contributed by atoms with Crippen LogP contribution in [0.2, 0.25) is 0 Å². The van der Waals surface area contributed by atoms with Gasteiger partial charge in [0.2, 0.25) is 5.91 Å². The molecule has 2 unspecified atom stereocenters. The Hall–Kier alpha value is -2.45. The van der Waals surface area contributed by atoms with Gasteiger partial charge in [-0.05, 0) is 51.4 Å². The second kappa shape index (κ2) is 38.5. The third-order valence-corrected chi connectivity index (χ3v) is 10.0. The van der Waals surface area contributed by atoms with Crippen LogP contribution < -0.4 is 35.4 Å². The minimum atomic E-state index is -0.753. The second-order valence-corrected chi connectivity index (χ2v) is 16.9. The number of carbonyl (C=O) groups is 5. The number of carbonyl (C=O) groups excluding carboxylic acids is 5. The summed E-state index contributed by atoms with van der Waals surface area (Å²) in [5.74, 6) is -0.824. The van der Waals surface area contributed by atoms with Gasteiger partial charge >= 0.3 is 17.9 Å². The molecule has 2 amide bonds. The number of esters is 3. The number of hydrogen-bond acceptors (Lipinski definition) is 9. The Morgan fingerprint density at radius 3 is 1.61 bits per heavy atom. The van der Waals surface area contributed by atoms with E-state index in [4.69, 9.17) is 14.2 Å². The van der Waals surface area contributed by atoms with Crippen molar-refractivity contribution in [1.29, 1.82) is 0 Å². The molecule has 0 aliphatic rings. The van der Waals surface area contributed by atoms with Gasteiger partial charge in [-0.25, -0.2) is 4.79 Å². The van der Waals surface area contributed by atoms with Crippen LogP contribution in [-0.2, 0) is 38.2 Å². The number of nitrogens with zero attached hydrogens (tertiary/aromatic N) is 2. The Morgan fingerprint density at radius 2 is 1.08 bits per heavy atom. The van der Waals surface area contributed by atoms with E-state index in [1.54, 1.807) is 0 Å². The van der Waals surface area contributed by atoms with E-state index in [9.17, 15) is 29.1 Å². The number of halogens is 2. The number of aliphatic hydroxyl groups is 1. The number of nitrogens with one attached hydrogen (secondary N) is 2. The molecular weight excluding hydrogens is 799 g/mol. The van der Waals surface area contributed by atoms with E-state index in [0.29, 0.717) is 61.0 Å². The highest BCUT2D eigenvalue weighted by molar-refractivity contribution is 5.77. The van der Waals surface area contributed by atoms with Crippen LogP contribution >= 0.6 is 0 Å². The lowest BCUT2D eigenvalue weighted by Gasteiger charge is -2.30. The summed E-state index contributed by atoms with van der Waals surface area (Å²) in [6.07, 6.45) is 22.5. The maximum Gasteiger partial charge on any atom is 0.362 e. The summed E-state index contributed by atoms with van der Waals surface area (Å²) < 4.78 is 16.6. The van der Waals surface area contributed by atoms with Crippen molar-refractivity contribution < 1.29 is 77.1 Å². The fourth-order valence-corrected chi connectivity index (χ4v) is 6.39. The zero-order valence-electron chi connectivity index (χ0n) is 38.0. The number of hydrogen-bond donors (Lipinski definition) is 3. The van der Waals surface area contributed by atoms with Crippen LogP contribution in [0.15, 0.2) is 12.2 Å². The largest absolute Gasteiger partial charge is 1.00 e. The molecule has 0 aromatic rings. The molecule has 13 nitrogen and oxygen atoms in total. The minimum Gasteiger partial charge on any atom is -1.00 e. The van der Waals surface area contributed by atoms with Crippen molar-refractivity contribution in [2.24, 2.45) is 0 Å². The maximum atomic E-state index is 12.7. The summed E-state index contributed by atoms with van der Waals surface area (Å²) in [5.41, 5.74) is 0. The van der Waals surface area contributed by atoms with Gasteiger partial charge in [0, 0.05) is 33.4 Å². The molecule has 59 heavy (non-hydrogen) atoms. The third kappa shape index (κ3) is 40.7. The van der Waals surface area contributed by atoms with Crippen LogP contribution in [0.4, 0.5) is 0 Å². The molecular formula is C44H84Cl2N4O9. The van der Waals surface area contributed by atoms with Gasteiger partial charge in [0.15, 0.2) is 13.1 Å². The zero-order valence-corrected chi connectivity index (χ0v) is 39.5. The number of ether oxygens (including phenoxy) is 3. The van der Waals surface area contributed by atoms with Gasteiger partial charge in [-0.1, -0.05) is 89.7 Å². The van der Waals surface area contributed by atoms with Gasteiger partial charge in [0.1, 0.15) is 32.4 Å². The fraction of sp³-hybridized carbons (Fsp3) is 0.841. The summed E-state index contributed by atoms with van der Waals surface area (Å²) in [5, 5.41) is 16.9. The van der Waals surface area contributed by atoms with Crippen LogP contribution in [0.25, 0.3) is 0 Å². The Morgan fingerprint density at radius 1 is 0.610 bits per heavy atom. The first-order valence-corrected chi connectivity index (χ1v) is 22.0. The Kier molecular flexibility index (Phi) is 39.7. The first kappa shape index (κ1) is 60.9. The van der Waals surface area contributed by atoms with Gasteiger partial charge in [-0.2, -0.15) is 0 Å². The molecule has 0 radical (unpaired) electrons. The van der Waals surface area contributed by atoms with Gasteiger partial charge < -0.3 is 63.7 Å². The minimum absolute atomic E-state index is 0. The Balaban J connectivity index is -0.0000157. The summed E-state index contributed by atoms with van der Waals surface area (Å²) >= 11 is 0. The summed E-state index contributed by atoms with van der Waals surface area (Å²) in [6.45, 7) is 8.47. The average Bonchev–Trinajstić information content (AvgIpc) is 3.11. The normalized spacial score (nSPS) is 12.5. The quantitative estimate of drug-likeness (QED) is 0.0260. The lowest BCUT2D eigenvalue weighted by molar-refractivity contribution is -0.883. The standard InChI is InChI=1S/C44H82N4O9.2ClH/c1-8-9-22-28-41(57-44(54)37-48(6,7)33-35-56-39(3)50)40(51)27-23-18-14-10-11-15-19-24-29-42(52)45-30-25-20-16-12-13-17-21-26-31-46-43(53)36-47(4,5)32-34-55-38(2)49;;/h18,23,40-41,51H,8-17,19-22,24-37H2,1-7H3;2*1H/b23-18+;;. The molecule has 0 spiro atoms. The molecule has 0 fully saturated rings. The Bertz CT molecular complexity index is 1140. The molecule has 0 aliphatic carbocycles. The Labute approximate surface area is 370 Å². The van der Waals surface area contributed by atoms with Crippen molar-refractivity contribution in [1.82, 2.24) is 10.6 Å². The lowest BCUT2D eigenvalue weighted by atomic mass is 10.0. The average molecular weight is 884 g/mol. The second-order valence-electron chi connectivity index (χ2n) is 16.9. The van der Waals surface area contributed by atoms with Gasteiger partial charge in [0.25, 0.3) is 5.91 Å². The van der Waals surface area contributed by atoms with Gasteiger partial charge in [-0.15, -0.1) is 0 Å². The van der Waals surface area contributed by atoms with E-state index in [-0.39, 0.29) is 67.7 Å². The van der Waals surface area contributed by atoms with E-state index >= 15 is 0 Å². The van der Waals surface area contributed by atoms with Crippen molar-refractivity contribution in [3.8, 4) is 0 Å². The van der Waals surface area contributed by atoms with Crippen LogP contribution in [0, 0.1) is 0 Å². The van der Waals surface area contributed by atoms with Crippen LogP contribution in [0.5, 0.6) is 0 Å². The van der Waals surface area contributed by atoms with E-state index < -0.39 is 12.2 Å². The molecule has 348 valence electrons. The van der Waals surface area contributed by atoms with Crippen molar-refractivity contribution in [3.05, 3.63) is 12.2 Å². The number of quaternary nitrogens is 2. The predicted octanol–water partition coefficient (Wildman–Crippen LogP) is 0.157. The first-order valence-electron chi connectivity index (χ1n) is 22.0. The monoisotopic (exact) mass is 883 g/mol. The molecule has 0 aliphatic heterocycles. The number of allylic oxidation sites excluding steroid dienone is 1. The van der Waals surface area contributed by atoms with E-state index in [1.165, 1.54) is 39.5 Å². The van der Waals surface area contributed by atoms with Gasteiger partial charge in [-0.3, -0.25) is 19.2 Å². The number of aliphatic hydroxyl groups excluding tert-OH is 1. The molecule has 0 heterocycles. The van der Waals surface area contributed by atoms with E-state index in [2.05, 4.69) is 23.6 Å². The van der Waals surface area contributed by atoms with E-state index in [1.807, 2.05) is 34.3 Å². The summed E-state index contributed by atoms with van der Waals surface area (Å²) in [4.78, 5) is 59.1. The third-order valence-electron chi connectivity index (χ3n) is 10.0. The van der Waals surface area contributed by atoms with Crippen LogP contribution in [0.1, 0.15) is 149 Å². The van der Waals surface area contributed by atoms with Crippen molar-refractivity contribution >= 4 is 29.7 Å². The summed E-state index contributed by atoms with van der Waals surface area (Å²) in [7, 11) is 7.69. The molecule has 0 aromatic carbocycles. The van der Waals surface area contributed by atoms with Crippen LogP contribution in [-0.4, -0.2) is 137 Å². The topological polar surface area (TPSA) is 157 Å². The highest BCUT2D eigenvalue weighted by Gasteiger charge is 2.27. The number of rotatable bonds is 37. The highest BCUT2D eigenvalue weighted by atomic mass is 35.5. The van der Waals surface area contributed by atoms with Crippen molar-refractivity contribution in [3.63, 3.8) is 0 Å². The number of likely N-dealkylation sites (N-methyl/N-ethyl adjacent to an activating group) is 2. The highest BCUT2D eigenvalue weighted by Crippen LogP contribution is 2.16. The van der Waals surface area contributed by atoms with Crippen LogP contribution in [0.3, 0.4) is 0 Å². The SMILES string of the molecule is CCCCCC(OC(=O)C[N+](C)(C)CCOC(C)=O)C(O)C/C=C/CCCCCCCC(=O)NCCCCCCCCCCNC(=O)C[N+](C)(C)CCOC(C)=O.[Cl-].[Cl-]. The molecule has 15 heteroatoms. The summed E-state index contributed by atoms with van der Waals surface area (Å²) in [6, 6.07) is 0. The smallest absolute Gasteiger partial charge is 0.362 e. The fourth-order valence-electron chi connectivity index (χ4n) is 6.39. The van der Waals surface area contributed by atoms with Crippen molar-refractivity contribution in [2.45, 2.75) is 161 Å². The molecule has 0 saturated heterocycles. The molecule has 3 N–H and O–H groups in total. The molecule has 0 rings (SSSR count). The molecule has 0 bridgehead atoms. The molecule has 0 saturated carbocycles. The van der Waals surface area contributed by atoms with Crippen molar-refractivity contribution in [2.75, 3.05) is 80.7 Å². The molecule has 2 atom stereocenters. The first-order chi connectivity index (χ1) is 27.1. The zero-order chi connectivity index (χ0) is 42.8. The molecule has 0 aromatic heterocycles. The maximum absolute atomic E-state index is 12.7. The predicted molar refractivity (Wildman–Crippen MR) is 226 cm³/mol. The van der Waals surface area contributed by atoms with E-state index in [0.717, 1.165) is 90.0 Å². The number of amides is 2.